The van der Waals surface area contributed by atoms with Crippen molar-refractivity contribution < 1.29 is 4.79 Å². The standard InChI is InChI=1S/C14H19N3O2S2/c1-4-5-15-13(19)10(3)20-8-11-6-12(18)17-9(2)7-21-14(17)16-11/h6-7,10H,4-5,8H2,1-3H3,(H,15,19)/t10-/m1/s1. The number of hydrogen-bond donors (Lipinski definition) is 1. The van der Waals surface area contributed by atoms with E-state index in [2.05, 4.69) is 10.3 Å². The topological polar surface area (TPSA) is 63.5 Å². The predicted octanol–water partition coefficient (Wildman–Crippen LogP) is 2.21. The van der Waals surface area contributed by atoms with Crippen molar-refractivity contribution in [2.75, 3.05) is 6.54 Å². The molecule has 0 aliphatic rings. The van der Waals surface area contributed by atoms with Crippen molar-refractivity contribution in [1.29, 1.82) is 0 Å². The third-order valence-electron chi connectivity index (χ3n) is 3.03. The van der Waals surface area contributed by atoms with E-state index in [4.69, 9.17) is 0 Å². The molecule has 21 heavy (non-hydrogen) atoms. The number of aromatic nitrogens is 2. The number of thiazole rings is 1. The fourth-order valence-corrected chi connectivity index (χ4v) is 3.55. The summed E-state index contributed by atoms with van der Waals surface area (Å²) >= 11 is 2.95. The van der Waals surface area contributed by atoms with Crippen molar-refractivity contribution in [3.63, 3.8) is 0 Å². The highest BCUT2D eigenvalue weighted by Gasteiger charge is 2.14. The maximum atomic E-state index is 12.0. The third kappa shape index (κ3) is 3.85. The molecule has 0 aliphatic carbocycles. The molecule has 114 valence electrons. The second-order valence-corrected chi connectivity index (χ2v) is 6.99. The van der Waals surface area contributed by atoms with E-state index in [1.807, 2.05) is 26.2 Å². The number of nitrogens with one attached hydrogen (secondary N) is 1. The first-order chi connectivity index (χ1) is 10.0. The lowest BCUT2D eigenvalue weighted by atomic mass is 10.4. The Balaban J connectivity index is 2.04. The molecule has 0 unspecified atom stereocenters. The van der Waals surface area contributed by atoms with E-state index >= 15 is 0 Å². The van der Waals surface area contributed by atoms with E-state index in [0.29, 0.717) is 17.3 Å². The molecule has 2 aromatic heterocycles. The molecule has 5 nitrogen and oxygen atoms in total. The Bertz CT molecular complexity index is 693. The Labute approximate surface area is 131 Å². The Hall–Kier alpha value is -1.34. The van der Waals surface area contributed by atoms with E-state index in [1.165, 1.54) is 23.1 Å². The summed E-state index contributed by atoms with van der Waals surface area (Å²) in [6.45, 7) is 6.48. The number of fused-ring (bicyclic) bond motifs is 1. The molecular formula is C14H19N3O2S2. The monoisotopic (exact) mass is 325 g/mol. The van der Waals surface area contributed by atoms with Gasteiger partial charge in [0.05, 0.1) is 10.9 Å². The summed E-state index contributed by atoms with van der Waals surface area (Å²) in [4.78, 5) is 29.0. The van der Waals surface area contributed by atoms with Gasteiger partial charge in [-0.25, -0.2) is 4.98 Å². The molecule has 0 saturated heterocycles. The van der Waals surface area contributed by atoms with Crippen LogP contribution in [0.5, 0.6) is 0 Å². The van der Waals surface area contributed by atoms with Gasteiger partial charge in [-0.05, 0) is 20.3 Å². The van der Waals surface area contributed by atoms with Gasteiger partial charge in [-0.2, -0.15) is 0 Å². The van der Waals surface area contributed by atoms with Crippen LogP contribution in [0.25, 0.3) is 4.96 Å². The Morgan fingerprint density at radius 1 is 1.57 bits per heavy atom. The highest BCUT2D eigenvalue weighted by Crippen LogP contribution is 2.18. The molecule has 2 rings (SSSR count). The summed E-state index contributed by atoms with van der Waals surface area (Å²) in [6, 6.07) is 1.55. The molecule has 1 N–H and O–H groups in total. The Morgan fingerprint density at radius 3 is 3.05 bits per heavy atom. The average Bonchev–Trinajstić information content (AvgIpc) is 2.84. The summed E-state index contributed by atoms with van der Waals surface area (Å²) in [5, 5.41) is 4.64. The first-order valence-electron chi connectivity index (χ1n) is 6.89. The van der Waals surface area contributed by atoms with Crippen LogP contribution in [-0.4, -0.2) is 27.1 Å². The molecule has 0 saturated carbocycles. The Morgan fingerprint density at radius 2 is 2.33 bits per heavy atom. The summed E-state index contributed by atoms with van der Waals surface area (Å²) in [5.41, 5.74) is 1.57. The van der Waals surface area contributed by atoms with E-state index in [0.717, 1.165) is 17.8 Å². The molecule has 2 aromatic rings. The molecule has 1 atom stereocenters. The number of hydrogen-bond acceptors (Lipinski definition) is 5. The fourth-order valence-electron chi connectivity index (χ4n) is 1.85. The van der Waals surface area contributed by atoms with Crippen LogP contribution in [0.1, 0.15) is 31.7 Å². The van der Waals surface area contributed by atoms with E-state index < -0.39 is 0 Å². The van der Waals surface area contributed by atoms with E-state index in [-0.39, 0.29) is 16.7 Å². The molecule has 0 bridgehead atoms. The summed E-state index contributed by atoms with van der Waals surface area (Å²) < 4.78 is 1.61. The van der Waals surface area contributed by atoms with Gasteiger partial charge in [0.25, 0.3) is 5.56 Å². The van der Waals surface area contributed by atoms with Crippen LogP contribution in [0, 0.1) is 6.92 Å². The van der Waals surface area contributed by atoms with Crippen molar-refractivity contribution in [1.82, 2.24) is 14.7 Å². The molecule has 0 radical (unpaired) electrons. The van der Waals surface area contributed by atoms with Crippen molar-refractivity contribution in [2.24, 2.45) is 0 Å². The van der Waals surface area contributed by atoms with E-state index in [1.54, 1.807) is 10.5 Å². The number of carbonyl (C=O) groups excluding carboxylic acids is 1. The minimum Gasteiger partial charge on any atom is -0.355 e. The van der Waals surface area contributed by atoms with Crippen molar-refractivity contribution in [3.05, 3.63) is 33.2 Å². The summed E-state index contributed by atoms with van der Waals surface area (Å²) in [6.07, 6.45) is 0.926. The van der Waals surface area contributed by atoms with Crippen molar-refractivity contribution >= 4 is 34.0 Å². The van der Waals surface area contributed by atoms with Gasteiger partial charge in [-0.15, -0.1) is 23.1 Å². The zero-order chi connectivity index (χ0) is 15.4. The van der Waals surface area contributed by atoms with Gasteiger partial charge >= 0.3 is 0 Å². The lowest BCUT2D eigenvalue weighted by Crippen LogP contribution is -2.31. The van der Waals surface area contributed by atoms with Gasteiger partial charge in [0.15, 0.2) is 4.96 Å². The van der Waals surface area contributed by atoms with Crippen LogP contribution in [0.2, 0.25) is 0 Å². The van der Waals surface area contributed by atoms with Crippen molar-refractivity contribution in [3.8, 4) is 0 Å². The van der Waals surface area contributed by atoms with Gasteiger partial charge in [-0.1, -0.05) is 6.92 Å². The van der Waals surface area contributed by atoms with Gasteiger partial charge in [0, 0.05) is 29.4 Å². The number of thioether (sulfide) groups is 1. The van der Waals surface area contributed by atoms with Gasteiger partial charge < -0.3 is 5.32 Å². The Kier molecular flexibility index (Phi) is 5.41. The minimum atomic E-state index is -0.151. The van der Waals surface area contributed by atoms with Gasteiger partial charge in [-0.3, -0.25) is 14.0 Å². The number of carbonyl (C=O) groups is 1. The highest BCUT2D eigenvalue weighted by molar-refractivity contribution is 7.99. The maximum Gasteiger partial charge on any atom is 0.258 e. The number of nitrogens with zero attached hydrogens (tertiary/aromatic N) is 2. The average molecular weight is 325 g/mol. The van der Waals surface area contributed by atoms with Crippen LogP contribution in [0.15, 0.2) is 16.2 Å². The zero-order valence-corrected chi connectivity index (χ0v) is 14.0. The van der Waals surface area contributed by atoms with Crippen LogP contribution in [-0.2, 0) is 10.5 Å². The molecule has 0 aliphatic heterocycles. The molecule has 7 heteroatoms. The molecular weight excluding hydrogens is 306 g/mol. The van der Waals surface area contributed by atoms with Crippen LogP contribution >= 0.6 is 23.1 Å². The molecule has 0 fully saturated rings. The molecule has 2 heterocycles. The van der Waals surface area contributed by atoms with Gasteiger partial charge in [0.1, 0.15) is 0 Å². The quantitative estimate of drug-likeness (QED) is 0.884. The largest absolute Gasteiger partial charge is 0.355 e. The van der Waals surface area contributed by atoms with E-state index in [9.17, 15) is 9.59 Å². The maximum absolute atomic E-state index is 12.0. The minimum absolute atomic E-state index is 0.0339. The second kappa shape index (κ2) is 7.09. The lowest BCUT2D eigenvalue weighted by Gasteiger charge is -2.11. The number of aryl methyl sites for hydroxylation is 1. The smallest absolute Gasteiger partial charge is 0.258 e. The highest BCUT2D eigenvalue weighted by atomic mass is 32.2. The summed E-state index contributed by atoms with van der Waals surface area (Å²) in [5.74, 6) is 0.593. The second-order valence-electron chi connectivity index (χ2n) is 4.83. The fraction of sp³-hybridized carbons (Fsp3) is 0.500. The third-order valence-corrected chi connectivity index (χ3v) is 5.15. The first-order valence-corrected chi connectivity index (χ1v) is 8.82. The normalized spacial score (nSPS) is 12.5. The SMILES string of the molecule is CCCNC(=O)[C@@H](C)SCc1cc(=O)n2c(C)csc2n1. The van der Waals surface area contributed by atoms with Crippen LogP contribution in [0.4, 0.5) is 0 Å². The van der Waals surface area contributed by atoms with Crippen LogP contribution in [0.3, 0.4) is 0 Å². The zero-order valence-electron chi connectivity index (χ0n) is 12.4. The molecule has 1 amide bonds. The molecule has 0 spiro atoms. The molecule has 0 aromatic carbocycles. The lowest BCUT2D eigenvalue weighted by molar-refractivity contribution is -0.120. The van der Waals surface area contributed by atoms with Crippen molar-refractivity contribution in [2.45, 2.75) is 38.2 Å². The van der Waals surface area contributed by atoms with Gasteiger partial charge in [0.2, 0.25) is 5.91 Å². The number of rotatable bonds is 6. The van der Waals surface area contributed by atoms with Crippen LogP contribution < -0.4 is 10.9 Å². The predicted molar refractivity (Wildman–Crippen MR) is 88.1 cm³/mol. The summed E-state index contributed by atoms with van der Waals surface area (Å²) in [7, 11) is 0. The first kappa shape index (κ1) is 16.0. The number of amides is 1.